The van der Waals surface area contributed by atoms with Crippen LogP contribution in [0.15, 0.2) is 29.4 Å². The molecule has 102 valence electrons. The van der Waals surface area contributed by atoms with Gasteiger partial charge in [0, 0.05) is 11.3 Å². The summed E-state index contributed by atoms with van der Waals surface area (Å²) in [5, 5.41) is 1.47. The first-order valence-electron chi connectivity index (χ1n) is 7.00. The fourth-order valence-electron chi connectivity index (χ4n) is 3.20. The van der Waals surface area contributed by atoms with E-state index in [4.69, 9.17) is 5.73 Å². The number of rotatable bonds is 2. The Morgan fingerprint density at radius 1 is 1.26 bits per heavy atom. The van der Waals surface area contributed by atoms with E-state index in [-0.39, 0.29) is 6.04 Å². The molecule has 1 aromatic heterocycles. The van der Waals surface area contributed by atoms with E-state index in [0.717, 1.165) is 28.5 Å². The van der Waals surface area contributed by atoms with Crippen LogP contribution in [0.5, 0.6) is 0 Å². The molecule has 1 heterocycles. The van der Waals surface area contributed by atoms with Crippen LogP contribution in [-0.2, 0) is 0 Å². The molecule has 1 aromatic carbocycles. The second kappa shape index (κ2) is 5.17. The van der Waals surface area contributed by atoms with Crippen molar-refractivity contribution in [1.29, 1.82) is 0 Å². The van der Waals surface area contributed by atoms with E-state index in [1.165, 1.54) is 6.42 Å². The number of nitrogens with one attached hydrogen (secondary N) is 1. The Kier molecular flexibility index (Phi) is 3.54. The predicted octanol–water partition coefficient (Wildman–Crippen LogP) is 3.42. The maximum absolute atomic E-state index is 6.34. The summed E-state index contributed by atoms with van der Waals surface area (Å²) in [6.07, 6.45) is 2.40. The molecule has 1 aliphatic carbocycles. The van der Waals surface area contributed by atoms with Crippen LogP contribution in [0, 0.1) is 11.8 Å². The molecule has 0 aliphatic heterocycles. The Bertz CT molecular complexity index is 520. The second-order valence-electron chi connectivity index (χ2n) is 5.86. The number of fused-ring (bicyclic) bond motifs is 1. The molecule has 3 N–H and O–H groups in total. The van der Waals surface area contributed by atoms with Crippen LogP contribution in [0.4, 0.5) is 0 Å². The number of imidazole rings is 1. The molecular weight excluding hydrogens is 254 g/mol. The largest absolute Gasteiger partial charge is 0.333 e. The fourth-order valence-corrected chi connectivity index (χ4v) is 4.41. The molecule has 4 unspecified atom stereocenters. The average Bonchev–Trinajstić information content (AvgIpc) is 2.76. The molecule has 0 spiro atoms. The number of nitrogens with zero attached hydrogens (tertiary/aromatic N) is 1. The third kappa shape index (κ3) is 2.65. The van der Waals surface area contributed by atoms with E-state index in [0.29, 0.717) is 11.2 Å². The van der Waals surface area contributed by atoms with Crippen LogP contribution in [0.3, 0.4) is 0 Å². The van der Waals surface area contributed by atoms with Crippen LogP contribution in [0.2, 0.25) is 0 Å². The second-order valence-corrected chi connectivity index (χ2v) is 7.03. The molecule has 4 heteroatoms. The number of nitrogens with two attached hydrogens (primary N) is 1. The van der Waals surface area contributed by atoms with Gasteiger partial charge in [-0.25, -0.2) is 4.98 Å². The van der Waals surface area contributed by atoms with Crippen LogP contribution in [-0.4, -0.2) is 21.3 Å². The highest BCUT2D eigenvalue weighted by molar-refractivity contribution is 7.99. The van der Waals surface area contributed by atoms with Gasteiger partial charge in [0.1, 0.15) is 0 Å². The van der Waals surface area contributed by atoms with Crippen LogP contribution in [0.25, 0.3) is 11.0 Å². The van der Waals surface area contributed by atoms with Crippen LogP contribution in [0.1, 0.15) is 26.7 Å². The van der Waals surface area contributed by atoms with Crippen molar-refractivity contribution in [2.24, 2.45) is 17.6 Å². The van der Waals surface area contributed by atoms with Crippen molar-refractivity contribution >= 4 is 22.8 Å². The van der Waals surface area contributed by atoms with Crippen molar-refractivity contribution in [3.05, 3.63) is 24.3 Å². The highest BCUT2D eigenvalue weighted by atomic mass is 32.2. The molecule has 4 atom stereocenters. The highest BCUT2D eigenvalue weighted by Gasteiger charge is 2.33. The first-order valence-corrected chi connectivity index (χ1v) is 7.88. The maximum atomic E-state index is 6.34. The van der Waals surface area contributed by atoms with Crippen molar-refractivity contribution in [1.82, 2.24) is 9.97 Å². The third-order valence-electron chi connectivity index (χ3n) is 4.05. The van der Waals surface area contributed by atoms with Crippen LogP contribution < -0.4 is 5.73 Å². The zero-order chi connectivity index (χ0) is 13.4. The summed E-state index contributed by atoms with van der Waals surface area (Å²) in [7, 11) is 0. The number of para-hydroxylation sites is 2. The summed E-state index contributed by atoms with van der Waals surface area (Å²) in [6.45, 7) is 4.62. The molecule has 1 saturated carbocycles. The molecule has 0 bridgehead atoms. The average molecular weight is 275 g/mol. The third-order valence-corrected chi connectivity index (χ3v) is 5.55. The van der Waals surface area contributed by atoms with Gasteiger partial charge < -0.3 is 10.7 Å². The molecule has 0 saturated heterocycles. The number of benzene rings is 1. The summed E-state index contributed by atoms with van der Waals surface area (Å²) < 4.78 is 0. The SMILES string of the molecule is CC1CC(C)C(Sc2nc3ccccc3[nH]2)C(N)C1. The van der Waals surface area contributed by atoms with Gasteiger partial charge in [-0.3, -0.25) is 0 Å². The normalized spacial score (nSPS) is 31.7. The predicted molar refractivity (Wildman–Crippen MR) is 81.3 cm³/mol. The lowest BCUT2D eigenvalue weighted by Crippen LogP contribution is -2.42. The number of hydrogen-bond acceptors (Lipinski definition) is 3. The summed E-state index contributed by atoms with van der Waals surface area (Å²) in [6, 6.07) is 8.44. The lowest BCUT2D eigenvalue weighted by molar-refractivity contribution is 0.279. The Balaban J connectivity index is 1.80. The quantitative estimate of drug-likeness (QED) is 0.883. The van der Waals surface area contributed by atoms with Crippen molar-refractivity contribution in [2.75, 3.05) is 0 Å². The van der Waals surface area contributed by atoms with Gasteiger partial charge in [-0.15, -0.1) is 0 Å². The first kappa shape index (κ1) is 13.0. The molecule has 3 rings (SSSR count). The van der Waals surface area contributed by atoms with Gasteiger partial charge in [0.25, 0.3) is 0 Å². The van der Waals surface area contributed by atoms with Crippen molar-refractivity contribution in [3.8, 4) is 0 Å². The van der Waals surface area contributed by atoms with Gasteiger partial charge in [0.2, 0.25) is 0 Å². The highest BCUT2D eigenvalue weighted by Crippen LogP contribution is 2.38. The number of hydrogen-bond donors (Lipinski definition) is 2. The van der Waals surface area contributed by atoms with Gasteiger partial charge in [0.15, 0.2) is 5.16 Å². The summed E-state index contributed by atoms with van der Waals surface area (Å²) >= 11 is 1.82. The minimum Gasteiger partial charge on any atom is -0.333 e. The molecule has 19 heavy (non-hydrogen) atoms. The van der Waals surface area contributed by atoms with Gasteiger partial charge >= 0.3 is 0 Å². The summed E-state index contributed by atoms with van der Waals surface area (Å²) in [4.78, 5) is 8.04. The van der Waals surface area contributed by atoms with Crippen molar-refractivity contribution in [2.45, 2.75) is 43.1 Å². The molecule has 2 aromatic rings. The molecule has 0 radical (unpaired) electrons. The van der Waals surface area contributed by atoms with E-state index in [9.17, 15) is 0 Å². The van der Waals surface area contributed by atoms with E-state index in [2.05, 4.69) is 29.9 Å². The Morgan fingerprint density at radius 3 is 2.79 bits per heavy atom. The van der Waals surface area contributed by atoms with Gasteiger partial charge in [-0.1, -0.05) is 37.7 Å². The number of thioether (sulfide) groups is 1. The van der Waals surface area contributed by atoms with E-state index < -0.39 is 0 Å². The Morgan fingerprint density at radius 2 is 2.05 bits per heavy atom. The van der Waals surface area contributed by atoms with E-state index in [1.54, 1.807) is 0 Å². The Labute approximate surface area is 118 Å². The lowest BCUT2D eigenvalue weighted by atomic mass is 9.80. The minimum absolute atomic E-state index is 0.275. The van der Waals surface area contributed by atoms with E-state index >= 15 is 0 Å². The van der Waals surface area contributed by atoms with Gasteiger partial charge in [-0.05, 0) is 36.8 Å². The topological polar surface area (TPSA) is 54.7 Å². The summed E-state index contributed by atoms with van der Waals surface area (Å²) in [5.74, 6) is 1.40. The van der Waals surface area contributed by atoms with Gasteiger partial charge in [0.05, 0.1) is 11.0 Å². The lowest BCUT2D eigenvalue weighted by Gasteiger charge is -2.36. The standard InChI is InChI=1S/C15H21N3S/c1-9-7-10(2)14(11(16)8-9)19-15-17-12-5-3-4-6-13(12)18-15/h3-6,9-11,14H,7-8,16H2,1-2H3,(H,17,18). The zero-order valence-corrected chi connectivity index (χ0v) is 12.3. The van der Waals surface area contributed by atoms with Gasteiger partial charge in [-0.2, -0.15) is 0 Å². The van der Waals surface area contributed by atoms with Crippen molar-refractivity contribution in [3.63, 3.8) is 0 Å². The molecule has 1 aliphatic rings. The van der Waals surface area contributed by atoms with Crippen molar-refractivity contribution < 1.29 is 0 Å². The smallest absolute Gasteiger partial charge is 0.166 e. The maximum Gasteiger partial charge on any atom is 0.166 e. The van der Waals surface area contributed by atoms with Crippen LogP contribution >= 0.6 is 11.8 Å². The molecule has 1 fully saturated rings. The number of H-pyrrole nitrogens is 1. The molecular formula is C15H21N3S. The monoisotopic (exact) mass is 275 g/mol. The Hall–Kier alpha value is -1.00. The fraction of sp³-hybridized carbons (Fsp3) is 0.533. The molecule has 0 amide bonds. The number of aromatic nitrogens is 2. The number of aromatic amines is 1. The zero-order valence-electron chi connectivity index (χ0n) is 11.5. The summed E-state index contributed by atoms with van der Waals surface area (Å²) in [5.41, 5.74) is 8.48. The minimum atomic E-state index is 0.275. The van der Waals surface area contributed by atoms with E-state index in [1.807, 2.05) is 30.0 Å². The molecule has 3 nitrogen and oxygen atoms in total. The first-order chi connectivity index (χ1) is 9.13.